The van der Waals surface area contributed by atoms with Crippen LogP contribution in [0.4, 0.5) is 10.8 Å². The predicted octanol–water partition coefficient (Wildman–Crippen LogP) is 2.19. The lowest BCUT2D eigenvalue weighted by molar-refractivity contribution is -0.131. The normalized spacial score (nSPS) is 19.6. The molecule has 1 aromatic carbocycles. The zero-order chi connectivity index (χ0) is 18.8. The van der Waals surface area contributed by atoms with Gasteiger partial charge in [0.2, 0.25) is 5.13 Å². The molecule has 8 nitrogen and oxygen atoms in total. The molecule has 2 atom stereocenters. The van der Waals surface area contributed by atoms with Gasteiger partial charge in [-0.05, 0) is 31.2 Å². The molecule has 0 spiro atoms. The van der Waals surface area contributed by atoms with Gasteiger partial charge in [-0.1, -0.05) is 0 Å². The maximum atomic E-state index is 12.6. The molecule has 1 aliphatic heterocycles. The summed E-state index contributed by atoms with van der Waals surface area (Å²) >= 11 is 1.12. The van der Waals surface area contributed by atoms with Gasteiger partial charge in [-0.25, -0.2) is 4.98 Å². The van der Waals surface area contributed by atoms with Crippen LogP contribution in [-0.2, 0) is 9.53 Å². The lowest BCUT2D eigenvalue weighted by Gasteiger charge is -2.37. The second kappa shape index (κ2) is 7.26. The van der Waals surface area contributed by atoms with Crippen LogP contribution >= 0.6 is 11.5 Å². The SMILES string of the molecule is C[C@@H]1CN(c2ccc(C#N)c3ncccc23)C[C@H](C(=O)Nc2ncns2)O1. The van der Waals surface area contributed by atoms with Gasteiger partial charge in [0, 0.05) is 35.3 Å². The number of hydrogen-bond donors (Lipinski definition) is 1. The van der Waals surface area contributed by atoms with Crippen LogP contribution in [0, 0.1) is 11.3 Å². The van der Waals surface area contributed by atoms with Crippen LogP contribution in [0.5, 0.6) is 0 Å². The monoisotopic (exact) mass is 380 g/mol. The summed E-state index contributed by atoms with van der Waals surface area (Å²) in [5, 5.41) is 13.4. The first-order valence-electron chi connectivity index (χ1n) is 8.41. The summed E-state index contributed by atoms with van der Waals surface area (Å²) in [6.45, 7) is 2.96. The van der Waals surface area contributed by atoms with Crippen molar-refractivity contribution in [2.24, 2.45) is 0 Å². The van der Waals surface area contributed by atoms with E-state index >= 15 is 0 Å². The van der Waals surface area contributed by atoms with Crippen LogP contribution in [-0.4, -0.2) is 45.5 Å². The molecular weight excluding hydrogens is 364 g/mol. The number of hydrogen-bond acceptors (Lipinski definition) is 8. The molecule has 1 fully saturated rings. The fraction of sp³-hybridized carbons (Fsp3) is 0.278. The van der Waals surface area contributed by atoms with E-state index in [4.69, 9.17) is 4.74 Å². The van der Waals surface area contributed by atoms with Gasteiger partial charge in [-0.2, -0.15) is 9.64 Å². The van der Waals surface area contributed by atoms with Gasteiger partial charge in [-0.15, -0.1) is 0 Å². The van der Waals surface area contributed by atoms with Gasteiger partial charge in [0.1, 0.15) is 12.4 Å². The molecule has 2 aromatic heterocycles. The van der Waals surface area contributed by atoms with Gasteiger partial charge in [0.25, 0.3) is 5.91 Å². The molecule has 0 radical (unpaired) electrons. The van der Waals surface area contributed by atoms with E-state index in [0.29, 0.717) is 29.3 Å². The Morgan fingerprint density at radius 1 is 1.37 bits per heavy atom. The summed E-state index contributed by atoms with van der Waals surface area (Å²) in [5.41, 5.74) is 2.12. The van der Waals surface area contributed by atoms with Crippen molar-refractivity contribution in [2.75, 3.05) is 23.3 Å². The third-order valence-electron chi connectivity index (χ3n) is 4.35. The second-order valence-electron chi connectivity index (χ2n) is 6.22. The minimum absolute atomic E-state index is 0.133. The Bertz CT molecular complexity index is 1020. The topological polar surface area (TPSA) is 104 Å². The Labute approximate surface area is 159 Å². The summed E-state index contributed by atoms with van der Waals surface area (Å²) in [7, 11) is 0. The van der Waals surface area contributed by atoms with Crippen LogP contribution in [0.3, 0.4) is 0 Å². The van der Waals surface area contributed by atoms with E-state index < -0.39 is 6.10 Å². The van der Waals surface area contributed by atoms with E-state index in [1.54, 1.807) is 12.3 Å². The number of ether oxygens (including phenoxy) is 1. The van der Waals surface area contributed by atoms with E-state index in [-0.39, 0.29) is 12.0 Å². The first kappa shape index (κ1) is 17.3. The molecule has 4 rings (SSSR count). The van der Waals surface area contributed by atoms with Gasteiger partial charge in [0.15, 0.2) is 6.10 Å². The Balaban J connectivity index is 1.63. The number of anilines is 2. The van der Waals surface area contributed by atoms with Crippen molar-refractivity contribution in [3.8, 4) is 6.07 Å². The van der Waals surface area contributed by atoms with Crippen LogP contribution in [0.15, 0.2) is 36.8 Å². The maximum absolute atomic E-state index is 12.6. The number of nitrogens with one attached hydrogen (secondary N) is 1. The molecule has 3 heterocycles. The number of nitrogens with zero attached hydrogens (tertiary/aromatic N) is 5. The van der Waals surface area contributed by atoms with E-state index in [1.165, 1.54) is 6.33 Å². The van der Waals surface area contributed by atoms with Crippen molar-refractivity contribution in [1.29, 1.82) is 5.26 Å². The number of aromatic nitrogens is 3. The predicted molar refractivity (Wildman–Crippen MR) is 102 cm³/mol. The van der Waals surface area contributed by atoms with E-state index in [1.807, 2.05) is 25.1 Å². The first-order chi connectivity index (χ1) is 13.2. The second-order valence-corrected chi connectivity index (χ2v) is 7.00. The van der Waals surface area contributed by atoms with E-state index in [9.17, 15) is 10.1 Å². The van der Waals surface area contributed by atoms with Crippen molar-refractivity contribution in [3.63, 3.8) is 0 Å². The molecule has 1 saturated heterocycles. The van der Waals surface area contributed by atoms with Crippen LogP contribution in [0.2, 0.25) is 0 Å². The standard InChI is InChI=1S/C18H16N6O2S/c1-11-8-24(9-15(26-11)17(25)23-18-21-10-22-27-18)14-5-4-12(7-19)16-13(14)3-2-6-20-16/h2-6,10-11,15H,8-9H2,1H3,(H,21,22,23,25)/t11-,15-/m1/s1. The van der Waals surface area contributed by atoms with Crippen LogP contribution in [0.1, 0.15) is 12.5 Å². The average molecular weight is 380 g/mol. The van der Waals surface area contributed by atoms with Gasteiger partial charge in [0.05, 0.1) is 23.7 Å². The van der Waals surface area contributed by atoms with E-state index in [2.05, 4.69) is 30.6 Å². The molecule has 136 valence electrons. The summed E-state index contributed by atoms with van der Waals surface area (Å²) < 4.78 is 9.72. The molecule has 27 heavy (non-hydrogen) atoms. The van der Waals surface area contributed by atoms with Crippen molar-refractivity contribution < 1.29 is 9.53 Å². The molecule has 0 bridgehead atoms. The van der Waals surface area contributed by atoms with E-state index in [0.717, 1.165) is 22.6 Å². The summed E-state index contributed by atoms with van der Waals surface area (Å²) in [5.74, 6) is -0.251. The molecule has 0 aliphatic carbocycles. The molecule has 1 N–H and O–H groups in total. The van der Waals surface area contributed by atoms with Gasteiger partial charge in [-0.3, -0.25) is 15.1 Å². The zero-order valence-electron chi connectivity index (χ0n) is 14.5. The number of nitriles is 1. The number of pyridine rings is 1. The fourth-order valence-electron chi connectivity index (χ4n) is 3.23. The highest BCUT2D eigenvalue weighted by Crippen LogP contribution is 2.30. The molecule has 0 saturated carbocycles. The highest BCUT2D eigenvalue weighted by molar-refractivity contribution is 7.09. The summed E-state index contributed by atoms with van der Waals surface area (Å²) in [4.78, 5) is 23.0. The lowest BCUT2D eigenvalue weighted by atomic mass is 10.1. The minimum Gasteiger partial charge on any atom is -0.365 e. The zero-order valence-corrected chi connectivity index (χ0v) is 15.3. The number of rotatable bonds is 3. The van der Waals surface area contributed by atoms with Crippen LogP contribution < -0.4 is 10.2 Å². The third kappa shape index (κ3) is 3.45. The summed E-state index contributed by atoms with van der Waals surface area (Å²) in [6.07, 6.45) is 2.30. The Morgan fingerprint density at radius 2 is 2.26 bits per heavy atom. The number of fused-ring (bicyclic) bond motifs is 1. The average Bonchev–Trinajstić information content (AvgIpc) is 3.19. The maximum Gasteiger partial charge on any atom is 0.257 e. The Morgan fingerprint density at radius 3 is 3.04 bits per heavy atom. The van der Waals surface area contributed by atoms with Crippen molar-refractivity contribution >= 4 is 39.2 Å². The number of carbonyl (C=O) groups is 1. The number of amides is 1. The molecule has 9 heteroatoms. The van der Waals surface area contributed by atoms with Gasteiger partial charge >= 0.3 is 0 Å². The molecule has 1 amide bonds. The van der Waals surface area contributed by atoms with Crippen molar-refractivity contribution in [1.82, 2.24) is 14.3 Å². The largest absolute Gasteiger partial charge is 0.365 e. The fourth-order valence-corrected chi connectivity index (χ4v) is 3.67. The molecule has 0 unspecified atom stereocenters. The van der Waals surface area contributed by atoms with Gasteiger partial charge < -0.3 is 9.64 Å². The quantitative estimate of drug-likeness (QED) is 0.743. The number of benzene rings is 1. The van der Waals surface area contributed by atoms with Crippen molar-refractivity contribution in [2.45, 2.75) is 19.1 Å². The Kier molecular flexibility index (Phi) is 4.66. The first-order valence-corrected chi connectivity index (χ1v) is 9.19. The number of morpholine rings is 1. The summed E-state index contributed by atoms with van der Waals surface area (Å²) in [6, 6.07) is 9.63. The minimum atomic E-state index is -0.639. The van der Waals surface area contributed by atoms with Crippen molar-refractivity contribution in [3.05, 3.63) is 42.4 Å². The Hall–Kier alpha value is -3.09. The highest BCUT2D eigenvalue weighted by Gasteiger charge is 2.31. The third-order valence-corrected chi connectivity index (χ3v) is 4.93. The molecular formula is C18H16N6O2S. The van der Waals surface area contributed by atoms with Crippen LogP contribution in [0.25, 0.3) is 10.9 Å². The smallest absolute Gasteiger partial charge is 0.257 e. The molecule has 1 aliphatic rings. The number of carbonyl (C=O) groups excluding carboxylic acids is 1. The highest BCUT2D eigenvalue weighted by atomic mass is 32.1. The lowest BCUT2D eigenvalue weighted by Crippen LogP contribution is -2.51. The molecule has 3 aromatic rings.